The van der Waals surface area contributed by atoms with Gasteiger partial charge in [-0.15, -0.1) is 0 Å². The summed E-state index contributed by atoms with van der Waals surface area (Å²) in [5.41, 5.74) is 3.28. The molecule has 0 bridgehead atoms. The minimum absolute atomic E-state index is 0.0382. The molecule has 0 N–H and O–H groups in total. The molecule has 5 nitrogen and oxygen atoms in total. The second kappa shape index (κ2) is 6.30. The predicted molar refractivity (Wildman–Crippen MR) is 95.6 cm³/mol. The van der Waals surface area contributed by atoms with E-state index in [9.17, 15) is 9.59 Å². The standard InChI is InChI=1S/C21H18N2O3/c1-26-21(25)18-12-23(19-8-3-2-7-15(18)19)20(24)17-10-16(17)14-6-4-5-13(9-14)11-22/h2-9,16-18H,10,12H2,1H3. The Hall–Kier alpha value is -3.13. The smallest absolute Gasteiger partial charge is 0.315 e. The second-order valence-electron chi connectivity index (χ2n) is 6.77. The summed E-state index contributed by atoms with van der Waals surface area (Å²) in [6, 6.07) is 17.1. The Bertz CT molecular complexity index is 931. The van der Waals surface area contributed by atoms with Gasteiger partial charge in [-0.25, -0.2) is 0 Å². The Kier molecular flexibility index (Phi) is 3.96. The van der Waals surface area contributed by atoms with E-state index in [1.165, 1.54) is 7.11 Å². The lowest BCUT2D eigenvalue weighted by molar-refractivity contribution is -0.142. The normalized spacial score (nSPS) is 23.1. The fourth-order valence-electron chi connectivity index (χ4n) is 3.84. The average Bonchev–Trinajstić information content (AvgIpc) is 3.40. The Morgan fingerprint density at radius 3 is 2.77 bits per heavy atom. The highest BCUT2D eigenvalue weighted by Crippen LogP contribution is 2.50. The van der Waals surface area contributed by atoms with E-state index >= 15 is 0 Å². The number of methoxy groups -OCH3 is 1. The number of fused-ring (bicyclic) bond motifs is 1. The molecule has 1 fully saturated rings. The summed E-state index contributed by atoms with van der Waals surface area (Å²) < 4.78 is 4.90. The summed E-state index contributed by atoms with van der Waals surface area (Å²) >= 11 is 0. The van der Waals surface area contributed by atoms with Crippen LogP contribution in [0.5, 0.6) is 0 Å². The van der Waals surface area contributed by atoms with E-state index in [1.54, 1.807) is 11.0 Å². The third kappa shape index (κ3) is 2.64. The van der Waals surface area contributed by atoms with Gasteiger partial charge in [0.25, 0.3) is 0 Å². The number of nitriles is 1. The molecule has 0 spiro atoms. The van der Waals surface area contributed by atoms with Crippen molar-refractivity contribution in [3.05, 3.63) is 65.2 Å². The van der Waals surface area contributed by atoms with Crippen molar-refractivity contribution in [2.24, 2.45) is 5.92 Å². The molecule has 1 heterocycles. The molecular formula is C21H18N2O3. The van der Waals surface area contributed by atoms with Gasteiger partial charge in [0.05, 0.1) is 18.7 Å². The first-order valence-corrected chi connectivity index (χ1v) is 8.62. The third-order valence-electron chi connectivity index (χ3n) is 5.27. The van der Waals surface area contributed by atoms with E-state index in [0.29, 0.717) is 12.1 Å². The Labute approximate surface area is 151 Å². The first-order valence-electron chi connectivity index (χ1n) is 8.62. The van der Waals surface area contributed by atoms with E-state index in [-0.39, 0.29) is 23.7 Å². The van der Waals surface area contributed by atoms with Crippen LogP contribution in [0.3, 0.4) is 0 Å². The zero-order chi connectivity index (χ0) is 18.3. The van der Waals surface area contributed by atoms with Gasteiger partial charge in [-0.05, 0) is 41.7 Å². The lowest BCUT2D eigenvalue weighted by atomic mass is 10.0. The largest absolute Gasteiger partial charge is 0.468 e. The van der Waals surface area contributed by atoms with Crippen LogP contribution in [0.25, 0.3) is 0 Å². The predicted octanol–water partition coefficient (Wildman–Crippen LogP) is 2.97. The molecule has 4 rings (SSSR count). The lowest BCUT2D eigenvalue weighted by Crippen LogP contribution is -2.33. The number of hydrogen-bond donors (Lipinski definition) is 0. The molecule has 0 aromatic heterocycles. The minimum atomic E-state index is -0.431. The molecule has 2 aromatic rings. The highest BCUT2D eigenvalue weighted by Gasteiger charge is 2.48. The van der Waals surface area contributed by atoms with E-state index in [0.717, 1.165) is 23.2 Å². The van der Waals surface area contributed by atoms with Crippen molar-refractivity contribution in [3.63, 3.8) is 0 Å². The lowest BCUT2D eigenvalue weighted by Gasteiger charge is -2.18. The molecule has 2 aliphatic rings. The molecule has 0 radical (unpaired) electrons. The Morgan fingerprint density at radius 1 is 1.19 bits per heavy atom. The Balaban J connectivity index is 1.56. The Morgan fingerprint density at radius 2 is 2.00 bits per heavy atom. The first-order chi connectivity index (χ1) is 12.6. The number of amides is 1. The molecule has 1 saturated carbocycles. The second-order valence-corrected chi connectivity index (χ2v) is 6.77. The number of rotatable bonds is 3. The summed E-state index contributed by atoms with van der Waals surface area (Å²) in [4.78, 5) is 26.9. The highest BCUT2D eigenvalue weighted by atomic mass is 16.5. The van der Waals surface area contributed by atoms with E-state index < -0.39 is 5.92 Å². The van der Waals surface area contributed by atoms with Gasteiger partial charge in [0.15, 0.2) is 0 Å². The van der Waals surface area contributed by atoms with E-state index in [2.05, 4.69) is 6.07 Å². The molecule has 130 valence electrons. The monoisotopic (exact) mass is 346 g/mol. The van der Waals surface area contributed by atoms with Gasteiger partial charge in [-0.2, -0.15) is 5.26 Å². The zero-order valence-corrected chi connectivity index (χ0v) is 14.4. The third-order valence-corrected chi connectivity index (χ3v) is 5.27. The molecule has 1 amide bonds. The molecule has 26 heavy (non-hydrogen) atoms. The number of para-hydroxylation sites is 1. The number of benzene rings is 2. The first kappa shape index (κ1) is 16.3. The molecule has 3 unspecified atom stereocenters. The van der Waals surface area contributed by atoms with Crippen LogP contribution in [0.2, 0.25) is 0 Å². The fourth-order valence-corrected chi connectivity index (χ4v) is 3.84. The molecule has 0 saturated heterocycles. The fraction of sp³-hybridized carbons (Fsp3) is 0.286. The maximum atomic E-state index is 13.1. The van der Waals surface area contributed by atoms with Crippen LogP contribution in [0.15, 0.2) is 48.5 Å². The van der Waals surface area contributed by atoms with Crippen molar-refractivity contribution < 1.29 is 14.3 Å². The molecule has 5 heteroatoms. The topological polar surface area (TPSA) is 70.4 Å². The number of esters is 1. The average molecular weight is 346 g/mol. The van der Waals surface area contributed by atoms with Gasteiger partial charge in [-0.3, -0.25) is 9.59 Å². The van der Waals surface area contributed by atoms with Crippen LogP contribution in [0, 0.1) is 17.2 Å². The summed E-state index contributed by atoms with van der Waals surface area (Å²) in [6.07, 6.45) is 0.773. The van der Waals surface area contributed by atoms with Crippen molar-refractivity contribution in [3.8, 4) is 6.07 Å². The van der Waals surface area contributed by atoms with Crippen molar-refractivity contribution in [2.45, 2.75) is 18.3 Å². The van der Waals surface area contributed by atoms with Crippen molar-refractivity contribution in [1.29, 1.82) is 5.26 Å². The van der Waals surface area contributed by atoms with Gasteiger partial charge in [-0.1, -0.05) is 30.3 Å². The van der Waals surface area contributed by atoms with Crippen molar-refractivity contribution in [2.75, 3.05) is 18.6 Å². The number of hydrogen-bond acceptors (Lipinski definition) is 4. The molecule has 1 aliphatic heterocycles. The van der Waals surface area contributed by atoms with Gasteiger partial charge in [0.1, 0.15) is 5.92 Å². The van der Waals surface area contributed by atoms with Crippen LogP contribution in [-0.4, -0.2) is 25.5 Å². The van der Waals surface area contributed by atoms with Crippen molar-refractivity contribution >= 4 is 17.6 Å². The number of ether oxygens (including phenoxy) is 1. The summed E-state index contributed by atoms with van der Waals surface area (Å²) in [5, 5.41) is 9.06. The minimum Gasteiger partial charge on any atom is -0.468 e. The van der Waals surface area contributed by atoms with E-state index in [1.807, 2.05) is 42.5 Å². The van der Waals surface area contributed by atoms with Crippen LogP contribution >= 0.6 is 0 Å². The number of carbonyl (C=O) groups excluding carboxylic acids is 2. The number of nitrogens with zero attached hydrogens (tertiary/aromatic N) is 2. The van der Waals surface area contributed by atoms with Gasteiger partial charge in [0, 0.05) is 18.2 Å². The molecule has 3 atom stereocenters. The van der Waals surface area contributed by atoms with Gasteiger partial charge in [0.2, 0.25) is 5.91 Å². The highest BCUT2D eigenvalue weighted by molar-refractivity contribution is 6.02. The summed E-state index contributed by atoms with van der Waals surface area (Å²) in [5.74, 6) is -0.675. The zero-order valence-electron chi connectivity index (χ0n) is 14.4. The quantitative estimate of drug-likeness (QED) is 0.801. The molecular weight excluding hydrogens is 328 g/mol. The van der Waals surface area contributed by atoms with Crippen molar-refractivity contribution in [1.82, 2.24) is 0 Å². The number of carbonyl (C=O) groups is 2. The number of anilines is 1. The molecule has 2 aromatic carbocycles. The van der Waals surface area contributed by atoms with Gasteiger partial charge >= 0.3 is 5.97 Å². The van der Waals surface area contributed by atoms with Crippen LogP contribution < -0.4 is 4.90 Å². The maximum Gasteiger partial charge on any atom is 0.315 e. The summed E-state index contributed by atoms with van der Waals surface area (Å²) in [7, 11) is 1.37. The van der Waals surface area contributed by atoms with Crippen LogP contribution in [0.1, 0.15) is 34.9 Å². The van der Waals surface area contributed by atoms with Crippen LogP contribution in [-0.2, 0) is 14.3 Å². The molecule has 1 aliphatic carbocycles. The maximum absolute atomic E-state index is 13.1. The van der Waals surface area contributed by atoms with Gasteiger partial charge < -0.3 is 9.64 Å². The SMILES string of the molecule is COC(=O)C1CN(C(=O)C2CC2c2cccc(C#N)c2)c2ccccc21. The summed E-state index contributed by atoms with van der Waals surface area (Å²) in [6.45, 7) is 0.326. The van der Waals surface area contributed by atoms with E-state index in [4.69, 9.17) is 10.00 Å². The van der Waals surface area contributed by atoms with Crippen LogP contribution in [0.4, 0.5) is 5.69 Å².